The van der Waals surface area contributed by atoms with Gasteiger partial charge in [0.25, 0.3) is 5.91 Å². The second kappa shape index (κ2) is 15.8. The van der Waals surface area contributed by atoms with Gasteiger partial charge in [0, 0.05) is 45.8 Å². The van der Waals surface area contributed by atoms with Crippen LogP contribution in [0, 0.1) is 17.6 Å². The van der Waals surface area contributed by atoms with Gasteiger partial charge in [0.2, 0.25) is 11.8 Å². The Morgan fingerprint density at radius 1 is 1.07 bits per heavy atom. The van der Waals surface area contributed by atoms with Crippen LogP contribution in [0.5, 0.6) is 5.75 Å². The van der Waals surface area contributed by atoms with E-state index in [4.69, 9.17) is 9.47 Å². The molecule has 0 aliphatic carbocycles. The molecule has 1 fully saturated rings. The third-order valence-corrected chi connectivity index (χ3v) is 8.47. The van der Waals surface area contributed by atoms with Crippen molar-refractivity contribution in [3.05, 3.63) is 83.9 Å². The van der Waals surface area contributed by atoms with Crippen molar-refractivity contribution in [2.75, 3.05) is 26.7 Å². The number of hydrogen-bond acceptors (Lipinski definition) is 6. The Bertz CT molecular complexity index is 1470. The quantitative estimate of drug-likeness (QED) is 0.286. The lowest BCUT2D eigenvalue weighted by Gasteiger charge is -2.34. The van der Waals surface area contributed by atoms with Crippen LogP contribution >= 0.6 is 0 Å². The van der Waals surface area contributed by atoms with Gasteiger partial charge in [-0.1, -0.05) is 26.0 Å². The first kappa shape index (κ1) is 34.6. The zero-order valence-electron chi connectivity index (χ0n) is 27.0. The molecule has 1 N–H and O–H groups in total. The molecule has 1 aliphatic rings. The number of halogens is 2. The molecule has 0 radical (unpaired) electrons. The van der Waals surface area contributed by atoms with Crippen molar-refractivity contribution in [1.29, 1.82) is 0 Å². The van der Waals surface area contributed by atoms with Gasteiger partial charge in [0.1, 0.15) is 35.2 Å². The Labute approximate surface area is 268 Å². The van der Waals surface area contributed by atoms with E-state index in [1.165, 1.54) is 43.5 Å². The van der Waals surface area contributed by atoms with Crippen LogP contribution < -0.4 is 10.1 Å². The number of methoxy groups -OCH3 is 1. The van der Waals surface area contributed by atoms with E-state index in [9.17, 15) is 23.2 Å². The molecule has 2 aromatic carbocycles. The molecule has 5 atom stereocenters. The van der Waals surface area contributed by atoms with Crippen molar-refractivity contribution in [1.82, 2.24) is 24.7 Å². The second-order valence-corrected chi connectivity index (χ2v) is 11.9. The number of aromatic nitrogens is 2. The van der Waals surface area contributed by atoms with Crippen LogP contribution in [0.2, 0.25) is 0 Å². The van der Waals surface area contributed by atoms with E-state index in [0.29, 0.717) is 25.0 Å². The van der Waals surface area contributed by atoms with Crippen molar-refractivity contribution in [3.63, 3.8) is 0 Å². The lowest BCUT2D eigenvalue weighted by Crippen LogP contribution is -2.57. The summed E-state index contributed by atoms with van der Waals surface area (Å²) in [7, 11) is 3.25. The Morgan fingerprint density at radius 2 is 1.72 bits per heavy atom. The van der Waals surface area contributed by atoms with Crippen LogP contribution in [-0.4, -0.2) is 88.1 Å². The highest BCUT2D eigenvalue weighted by molar-refractivity contribution is 5.92. The maximum Gasteiger partial charge on any atom is 0.274 e. The molecule has 46 heavy (non-hydrogen) atoms. The number of hydrogen-bond donors (Lipinski definition) is 1. The molecule has 2 heterocycles. The zero-order valence-corrected chi connectivity index (χ0v) is 27.0. The average molecular weight is 640 g/mol. The fraction of sp³-hybridized carbons (Fsp3) is 0.471. The molecule has 1 aromatic heterocycles. The Kier molecular flexibility index (Phi) is 11.9. The number of carbonyl (C=O) groups is 3. The van der Waals surface area contributed by atoms with E-state index in [1.807, 2.05) is 6.92 Å². The molecule has 1 aliphatic heterocycles. The molecule has 1 saturated heterocycles. The van der Waals surface area contributed by atoms with E-state index in [0.717, 1.165) is 5.56 Å². The number of aryl methyl sites for hydroxylation is 1. The molecule has 4 rings (SSSR count). The van der Waals surface area contributed by atoms with Crippen LogP contribution in [0.1, 0.15) is 49.7 Å². The van der Waals surface area contributed by atoms with Gasteiger partial charge in [-0.15, -0.1) is 0 Å². The van der Waals surface area contributed by atoms with E-state index >= 15 is 0 Å². The lowest BCUT2D eigenvalue weighted by atomic mass is 10.1. The largest absolute Gasteiger partial charge is 0.489 e. The van der Waals surface area contributed by atoms with E-state index < -0.39 is 30.1 Å². The highest BCUT2D eigenvalue weighted by Gasteiger charge is 2.42. The summed E-state index contributed by atoms with van der Waals surface area (Å²) in [5, 5.41) is 2.88. The average Bonchev–Trinajstić information content (AvgIpc) is 3.67. The van der Waals surface area contributed by atoms with Gasteiger partial charge in [0.05, 0.1) is 25.0 Å². The standard InChI is InChI=1S/C34H43F2N5O5/c1-6-22(2)32(42)38-31(23(3)45-5)34(44)41-19-29(46-28-13-11-26(36)12-14-28)17-27(41)18-40(33(43)30-20-39(4)21-37-30)16-15-24-7-9-25(35)10-8-24/h7-14,20-23,27,29,31H,6,15-19H2,1-5H3,(H,38,42)/t22-,23-,27+,29+,31+/m1/s1. The minimum Gasteiger partial charge on any atom is -0.489 e. The number of ether oxygens (including phenoxy) is 2. The van der Waals surface area contributed by atoms with Crippen molar-refractivity contribution in [2.24, 2.45) is 13.0 Å². The van der Waals surface area contributed by atoms with Crippen LogP contribution in [0.4, 0.5) is 8.78 Å². The third-order valence-electron chi connectivity index (χ3n) is 8.47. The summed E-state index contributed by atoms with van der Waals surface area (Å²) in [6, 6.07) is 10.3. The Balaban J connectivity index is 1.63. The van der Waals surface area contributed by atoms with Crippen LogP contribution in [0.25, 0.3) is 0 Å². The summed E-state index contributed by atoms with van der Waals surface area (Å²) < 4.78 is 40.5. The number of nitrogens with one attached hydrogen (secondary N) is 1. The number of benzene rings is 2. The minimum atomic E-state index is -0.974. The lowest BCUT2D eigenvalue weighted by molar-refractivity contribution is -0.142. The summed E-state index contributed by atoms with van der Waals surface area (Å²) >= 11 is 0. The van der Waals surface area contributed by atoms with Crippen molar-refractivity contribution < 1.29 is 32.6 Å². The molecular weight excluding hydrogens is 596 g/mol. The predicted octanol–water partition coefficient (Wildman–Crippen LogP) is 4.00. The number of likely N-dealkylation sites (tertiary alicyclic amines) is 1. The fourth-order valence-electron chi connectivity index (χ4n) is 5.41. The third kappa shape index (κ3) is 8.90. The molecule has 248 valence electrons. The predicted molar refractivity (Wildman–Crippen MR) is 168 cm³/mol. The van der Waals surface area contributed by atoms with Gasteiger partial charge in [-0.3, -0.25) is 14.4 Å². The molecular formula is C34H43F2N5O5. The zero-order chi connectivity index (χ0) is 33.4. The summed E-state index contributed by atoms with van der Waals surface area (Å²) in [5.74, 6) is -1.53. The molecule has 3 amide bonds. The summed E-state index contributed by atoms with van der Waals surface area (Å²) in [5.41, 5.74) is 1.10. The van der Waals surface area contributed by atoms with Gasteiger partial charge in [-0.25, -0.2) is 13.8 Å². The van der Waals surface area contributed by atoms with Gasteiger partial charge >= 0.3 is 0 Å². The Hall–Kier alpha value is -4.32. The number of rotatable bonds is 14. The van der Waals surface area contributed by atoms with Gasteiger partial charge in [0.15, 0.2) is 0 Å². The summed E-state index contributed by atoms with van der Waals surface area (Å²) in [6.45, 7) is 6.02. The molecule has 0 bridgehead atoms. The van der Waals surface area contributed by atoms with Gasteiger partial charge in [-0.05, 0) is 61.7 Å². The smallest absolute Gasteiger partial charge is 0.274 e. The van der Waals surface area contributed by atoms with E-state index in [2.05, 4.69) is 10.3 Å². The topological polar surface area (TPSA) is 106 Å². The maximum absolute atomic E-state index is 14.3. The first-order valence-electron chi connectivity index (χ1n) is 15.6. The monoisotopic (exact) mass is 639 g/mol. The number of nitrogens with zero attached hydrogens (tertiary/aromatic N) is 4. The number of imidazole rings is 1. The first-order chi connectivity index (χ1) is 22.0. The molecule has 0 unspecified atom stereocenters. The minimum absolute atomic E-state index is 0.152. The molecule has 3 aromatic rings. The van der Waals surface area contributed by atoms with Crippen molar-refractivity contribution in [3.8, 4) is 5.75 Å². The number of carbonyl (C=O) groups excluding carboxylic acids is 3. The summed E-state index contributed by atoms with van der Waals surface area (Å²) in [4.78, 5) is 48.5. The number of amides is 3. The van der Waals surface area contributed by atoms with Crippen LogP contribution in [0.15, 0.2) is 61.1 Å². The Morgan fingerprint density at radius 3 is 2.30 bits per heavy atom. The highest BCUT2D eigenvalue weighted by atomic mass is 19.1. The SMILES string of the molecule is CC[C@@H](C)C(=O)N[C@H](C(=O)N1C[C@@H](Oc2ccc(F)cc2)C[C@H]1CN(CCc1ccc(F)cc1)C(=O)c1cn(C)cn1)[C@@H](C)OC. The van der Waals surface area contributed by atoms with Gasteiger partial charge < -0.3 is 29.2 Å². The summed E-state index contributed by atoms with van der Waals surface area (Å²) in [6.07, 6.45) is 3.50. The van der Waals surface area contributed by atoms with Crippen molar-refractivity contribution in [2.45, 2.75) is 64.3 Å². The van der Waals surface area contributed by atoms with Crippen molar-refractivity contribution >= 4 is 17.7 Å². The second-order valence-electron chi connectivity index (χ2n) is 11.9. The highest BCUT2D eigenvalue weighted by Crippen LogP contribution is 2.26. The molecule has 0 saturated carbocycles. The van der Waals surface area contributed by atoms with Crippen LogP contribution in [0.3, 0.4) is 0 Å². The van der Waals surface area contributed by atoms with Crippen LogP contribution in [-0.2, 0) is 27.8 Å². The molecule has 10 nitrogen and oxygen atoms in total. The first-order valence-corrected chi connectivity index (χ1v) is 15.6. The maximum atomic E-state index is 14.3. The fourth-order valence-corrected chi connectivity index (χ4v) is 5.41. The normalized spacial score (nSPS) is 18.1. The molecule has 12 heteroatoms. The molecule has 0 spiro atoms. The van der Waals surface area contributed by atoms with E-state index in [-0.39, 0.29) is 54.8 Å². The van der Waals surface area contributed by atoms with Gasteiger partial charge in [-0.2, -0.15) is 0 Å². The van der Waals surface area contributed by atoms with E-state index in [1.54, 1.807) is 59.9 Å².